The van der Waals surface area contributed by atoms with Gasteiger partial charge in [0.2, 0.25) is 29.5 Å². The molecule has 2 saturated carbocycles. The van der Waals surface area contributed by atoms with Crippen molar-refractivity contribution < 1.29 is 33.4 Å². The van der Waals surface area contributed by atoms with Crippen LogP contribution in [0.4, 0.5) is 0 Å². The molecule has 8 N–H and O–H groups in total. The summed E-state index contributed by atoms with van der Waals surface area (Å²) in [5, 5.41) is 11.4. The Hall–Kier alpha value is -2.81. The number of ether oxygens (including phenoxy) is 2. The average molecular weight is 736 g/mol. The molecule has 7 atom stereocenters. The fourth-order valence-corrected chi connectivity index (χ4v) is 7.69. The van der Waals surface area contributed by atoms with E-state index in [9.17, 15) is 24.0 Å². The largest absolute Gasteiger partial charge is 0.376 e. The van der Waals surface area contributed by atoms with Crippen LogP contribution in [-0.4, -0.2) is 104 Å². The molecule has 0 aromatic heterocycles. The smallest absolute Gasteiger partial charge is 0.246 e. The zero-order valence-corrected chi connectivity index (χ0v) is 32.5. The summed E-state index contributed by atoms with van der Waals surface area (Å²) in [7, 11) is 1.63. The molecule has 0 unspecified atom stereocenters. The summed E-state index contributed by atoms with van der Waals surface area (Å²) >= 11 is 0. The van der Waals surface area contributed by atoms with Crippen molar-refractivity contribution in [3.8, 4) is 0 Å². The number of likely N-dealkylation sites (N-methyl/N-ethyl adjacent to an activating group) is 1. The molecule has 0 aromatic carbocycles. The molecule has 2 aliphatic carbocycles. The van der Waals surface area contributed by atoms with E-state index in [1.54, 1.807) is 20.9 Å². The predicted molar refractivity (Wildman–Crippen MR) is 199 cm³/mol. The van der Waals surface area contributed by atoms with Crippen molar-refractivity contribution in [1.29, 1.82) is 0 Å². The molecule has 1 aliphatic heterocycles. The summed E-state index contributed by atoms with van der Waals surface area (Å²) in [6, 6.07) is -4.03. The summed E-state index contributed by atoms with van der Waals surface area (Å²) < 4.78 is 12.4. The summed E-state index contributed by atoms with van der Waals surface area (Å²) in [6.45, 7) is 7.80. The topological polar surface area (TPSA) is 207 Å². The number of nitrogens with one attached hydrogen (secondary N) is 4. The Labute approximate surface area is 311 Å². The van der Waals surface area contributed by atoms with Crippen LogP contribution < -0.4 is 32.7 Å². The van der Waals surface area contributed by atoms with Gasteiger partial charge in [0.1, 0.15) is 30.4 Å². The van der Waals surface area contributed by atoms with Gasteiger partial charge in [-0.1, -0.05) is 78.6 Å². The maximum Gasteiger partial charge on any atom is 0.246 e. The van der Waals surface area contributed by atoms with Gasteiger partial charge in [0, 0.05) is 13.6 Å². The van der Waals surface area contributed by atoms with Crippen molar-refractivity contribution in [2.24, 2.45) is 29.2 Å². The van der Waals surface area contributed by atoms with E-state index in [1.807, 2.05) is 6.92 Å². The molecule has 0 aromatic rings. The Bertz CT molecular complexity index is 1140. The van der Waals surface area contributed by atoms with Gasteiger partial charge in [-0.25, -0.2) is 0 Å². The number of hydrogen-bond acceptors (Lipinski definition) is 9. The van der Waals surface area contributed by atoms with Gasteiger partial charge >= 0.3 is 0 Å². The second-order valence-corrected chi connectivity index (χ2v) is 15.3. The summed E-state index contributed by atoms with van der Waals surface area (Å²) in [5.41, 5.74) is 11.8. The minimum absolute atomic E-state index is 0.0817. The summed E-state index contributed by atoms with van der Waals surface area (Å²) in [5.74, 6) is -2.75. The second kappa shape index (κ2) is 22.4. The van der Waals surface area contributed by atoms with Gasteiger partial charge in [0.15, 0.2) is 0 Å². The Morgan fingerprint density at radius 1 is 0.750 bits per heavy atom. The lowest BCUT2D eigenvalue weighted by atomic mass is 9.82. The van der Waals surface area contributed by atoms with Crippen molar-refractivity contribution >= 4 is 29.5 Å². The molecule has 0 bridgehead atoms. The fraction of sp³-hybridized carbons (Fsp3) is 0.868. The lowest BCUT2D eigenvalue weighted by Gasteiger charge is -2.36. The van der Waals surface area contributed by atoms with Crippen molar-refractivity contribution in [3.05, 3.63) is 0 Å². The van der Waals surface area contributed by atoms with Gasteiger partial charge in [-0.2, -0.15) is 0 Å². The highest BCUT2D eigenvalue weighted by molar-refractivity contribution is 5.96. The van der Waals surface area contributed by atoms with Crippen LogP contribution in [0, 0.1) is 17.8 Å². The van der Waals surface area contributed by atoms with Gasteiger partial charge in [-0.05, 0) is 63.8 Å². The van der Waals surface area contributed by atoms with Crippen LogP contribution in [0.1, 0.15) is 124 Å². The zero-order chi connectivity index (χ0) is 38.2. The highest BCUT2D eigenvalue weighted by Gasteiger charge is 2.39. The first-order valence-corrected chi connectivity index (χ1v) is 20.1. The van der Waals surface area contributed by atoms with E-state index in [4.69, 9.17) is 20.9 Å². The van der Waals surface area contributed by atoms with Crippen LogP contribution in [0.3, 0.4) is 0 Å². The molecule has 3 aliphatic rings. The average Bonchev–Trinajstić information content (AvgIpc) is 3.39. The summed E-state index contributed by atoms with van der Waals surface area (Å²) in [4.78, 5) is 71.3. The van der Waals surface area contributed by atoms with Gasteiger partial charge in [-0.3, -0.25) is 24.0 Å². The van der Waals surface area contributed by atoms with E-state index in [0.29, 0.717) is 31.7 Å². The van der Waals surface area contributed by atoms with E-state index in [0.717, 1.165) is 77.0 Å². The molecule has 3 fully saturated rings. The van der Waals surface area contributed by atoms with Crippen LogP contribution in [0.2, 0.25) is 0 Å². The summed E-state index contributed by atoms with van der Waals surface area (Å²) in [6.07, 6.45) is 11.0. The van der Waals surface area contributed by atoms with Crippen molar-refractivity contribution in [2.75, 3.05) is 26.7 Å². The van der Waals surface area contributed by atoms with E-state index in [-0.39, 0.29) is 31.1 Å². The molecule has 1 saturated heterocycles. The first-order valence-electron chi connectivity index (χ1n) is 20.1. The Morgan fingerprint density at radius 2 is 1.40 bits per heavy atom. The molecule has 5 amide bonds. The lowest BCUT2D eigenvalue weighted by Crippen LogP contribution is -2.62. The molecule has 1 heterocycles. The van der Waals surface area contributed by atoms with E-state index < -0.39 is 66.0 Å². The molecule has 0 radical (unpaired) electrons. The van der Waals surface area contributed by atoms with Crippen LogP contribution >= 0.6 is 0 Å². The number of nitrogens with two attached hydrogens (primary N) is 2. The van der Waals surface area contributed by atoms with Crippen molar-refractivity contribution in [1.82, 2.24) is 26.2 Å². The normalized spacial score (nSPS) is 32.4. The van der Waals surface area contributed by atoms with Gasteiger partial charge in [0.05, 0.1) is 24.7 Å². The predicted octanol–water partition coefficient (Wildman–Crippen LogP) is 2.22. The highest BCUT2D eigenvalue weighted by Crippen LogP contribution is 2.29. The molecular weight excluding hydrogens is 666 g/mol. The van der Waals surface area contributed by atoms with Gasteiger partial charge in [0.25, 0.3) is 0 Å². The fourth-order valence-electron chi connectivity index (χ4n) is 7.69. The van der Waals surface area contributed by atoms with E-state index >= 15 is 0 Å². The molecule has 14 heteroatoms. The number of amides is 5. The van der Waals surface area contributed by atoms with Gasteiger partial charge in [-0.15, -0.1) is 0 Å². The molecule has 298 valence electrons. The monoisotopic (exact) mass is 736 g/mol. The third kappa shape index (κ3) is 12.9. The van der Waals surface area contributed by atoms with Crippen LogP contribution in [0.5, 0.6) is 0 Å². The molecule has 14 nitrogen and oxygen atoms in total. The zero-order valence-electron chi connectivity index (χ0n) is 32.5. The van der Waals surface area contributed by atoms with E-state index in [2.05, 4.69) is 28.2 Å². The molecular formula is C38H69N7O7. The van der Waals surface area contributed by atoms with Gasteiger partial charge < -0.3 is 47.1 Å². The minimum Gasteiger partial charge on any atom is -0.376 e. The quantitative estimate of drug-likeness (QED) is 0.121. The molecule has 0 spiro atoms. The number of unbranched alkanes of at least 4 members (excludes halogenated alkanes) is 3. The third-order valence-electron chi connectivity index (χ3n) is 11.2. The third-order valence-corrected chi connectivity index (χ3v) is 11.2. The SMILES string of the molecule is CCCCCC[C@H]1O[C@@H](C)NC(=O)[C@H](COC2CC(CN)C2)NC(=O)[C@H](CN)NC(=O)[C@H](C2CCCCCC2)NC(=O)[C@H](CCC)N(C)C(=O)[C@@H]1C. The van der Waals surface area contributed by atoms with Crippen molar-refractivity contribution in [3.63, 3.8) is 0 Å². The highest BCUT2D eigenvalue weighted by atomic mass is 16.5. The number of nitrogens with zero attached hydrogens (tertiary/aromatic N) is 1. The second-order valence-electron chi connectivity index (χ2n) is 15.3. The molecule has 52 heavy (non-hydrogen) atoms. The Balaban J connectivity index is 1.98. The molecule has 3 rings (SSSR count). The first-order chi connectivity index (χ1) is 24.9. The number of hydrogen-bond donors (Lipinski definition) is 6. The maximum atomic E-state index is 14.1. The minimum atomic E-state index is -1.17. The van der Waals surface area contributed by atoms with Crippen LogP contribution in [-0.2, 0) is 33.4 Å². The maximum absolute atomic E-state index is 14.1. The standard InChI is InChI=1S/C38H69N7O7/c1-6-8-9-14-18-32-24(3)38(50)45(5)31(15-7-2)36(48)44-33(27-16-12-10-11-13-17-27)37(49)42-29(22-40)34(46)43-30(35(47)41-25(4)52-32)23-51-28-19-26(20-28)21-39/h24-33H,6-23,39-40H2,1-5H3,(H,41,47)(H,42,49)(H,43,46)(H,44,48)/t24-,25+,26?,28?,29+,30+,31+,32-,33+/m1/s1. The number of carbonyl (C=O) groups is 5. The van der Waals surface area contributed by atoms with Crippen LogP contribution in [0.25, 0.3) is 0 Å². The van der Waals surface area contributed by atoms with Crippen LogP contribution in [0.15, 0.2) is 0 Å². The van der Waals surface area contributed by atoms with Crippen molar-refractivity contribution in [2.45, 2.75) is 167 Å². The van der Waals surface area contributed by atoms with E-state index in [1.165, 1.54) is 4.90 Å². The first kappa shape index (κ1) is 43.6. The Morgan fingerprint density at radius 3 is 2.02 bits per heavy atom. The number of carbonyl (C=O) groups excluding carboxylic acids is 5. The lowest BCUT2D eigenvalue weighted by molar-refractivity contribution is -0.150. The number of rotatable bonds is 13. The Kier molecular flexibility index (Phi) is 18.8.